The maximum atomic E-state index is 10.7. The highest BCUT2D eigenvalue weighted by atomic mass is 79.9. The van der Waals surface area contributed by atoms with Crippen LogP contribution in [-0.4, -0.2) is 13.2 Å². The Hall–Kier alpha value is -0.670. The van der Waals surface area contributed by atoms with Gasteiger partial charge in [-0.1, -0.05) is 40.4 Å². The lowest BCUT2D eigenvalue weighted by Crippen LogP contribution is -2.19. The largest absolute Gasteiger partial charge is 0.380 e. The normalized spacial score (nSPS) is 17.2. The zero-order valence-corrected chi connectivity index (χ0v) is 13.1. The van der Waals surface area contributed by atoms with Gasteiger partial charge in [0.25, 0.3) is 0 Å². The van der Waals surface area contributed by atoms with Crippen LogP contribution in [-0.2, 0) is 21.7 Å². The van der Waals surface area contributed by atoms with Crippen molar-refractivity contribution in [2.45, 2.75) is 37.8 Å². The summed E-state index contributed by atoms with van der Waals surface area (Å²) < 4.78 is 6.02. The Kier molecular flexibility index (Phi) is 4.80. The van der Waals surface area contributed by atoms with Crippen LogP contribution in [0.3, 0.4) is 0 Å². The Morgan fingerprint density at radius 1 is 1.47 bits per heavy atom. The lowest BCUT2D eigenvalue weighted by Gasteiger charge is -2.24. The molecule has 1 aromatic carbocycles. The molecule has 1 saturated carbocycles. The summed E-state index contributed by atoms with van der Waals surface area (Å²) in [6.45, 7) is 0.448. The van der Waals surface area contributed by atoms with Gasteiger partial charge in [-0.05, 0) is 30.5 Å². The van der Waals surface area contributed by atoms with Crippen LogP contribution in [0.2, 0.25) is 5.02 Å². The van der Waals surface area contributed by atoms with E-state index in [0.717, 1.165) is 41.3 Å². The summed E-state index contributed by atoms with van der Waals surface area (Å²) in [6.07, 6.45) is 5.60. The Bertz CT molecular complexity index is 497. The molecule has 0 N–H and O–H groups in total. The van der Waals surface area contributed by atoms with E-state index < -0.39 is 5.54 Å². The summed E-state index contributed by atoms with van der Waals surface area (Å²) in [7, 11) is 1.63. The van der Waals surface area contributed by atoms with E-state index in [0.29, 0.717) is 11.6 Å². The lowest BCUT2D eigenvalue weighted by atomic mass is 9.88. The molecule has 1 aliphatic carbocycles. The monoisotopic (exact) mass is 343 g/mol. The number of methoxy groups -OCH3 is 1. The molecule has 102 valence electrons. The number of nitrogens with zero attached hydrogens (tertiary/aromatic N) is 1. The number of carbonyl (C=O) groups excluding carboxylic acids is 1. The minimum atomic E-state index is -0.445. The minimum Gasteiger partial charge on any atom is -0.380 e. The molecular formula is C14H15BrClNO2. The molecule has 19 heavy (non-hydrogen) atoms. The van der Waals surface area contributed by atoms with E-state index in [1.807, 2.05) is 12.1 Å². The summed E-state index contributed by atoms with van der Waals surface area (Å²) in [5.74, 6) is 0. The summed E-state index contributed by atoms with van der Waals surface area (Å²) in [5.41, 5.74) is 1.45. The van der Waals surface area contributed by atoms with E-state index in [1.54, 1.807) is 13.2 Å². The van der Waals surface area contributed by atoms with Crippen LogP contribution in [0.4, 0.5) is 0 Å². The van der Waals surface area contributed by atoms with Crippen molar-refractivity contribution in [1.82, 2.24) is 0 Å². The van der Waals surface area contributed by atoms with E-state index in [-0.39, 0.29) is 0 Å². The van der Waals surface area contributed by atoms with Crippen LogP contribution in [0.1, 0.15) is 36.8 Å². The number of hydrogen-bond acceptors (Lipinski definition) is 3. The average Bonchev–Trinajstić information content (AvgIpc) is 2.84. The van der Waals surface area contributed by atoms with Crippen molar-refractivity contribution in [2.75, 3.05) is 7.11 Å². The molecule has 1 fully saturated rings. The van der Waals surface area contributed by atoms with Crippen molar-refractivity contribution >= 4 is 33.6 Å². The molecular weight excluding hydrogens is 330 g/mol. The molecule has 0 heterocycles. The Morgan fingerprint density at radius 3 is 2.68 bits per heavy atom. The first-order chi connectivity index (χ1) is 9.13. The summed E-state index contributed by atoms with van der Waals surface area (Å²) in [4.78, 5) is 14.8. The second-order valence-electron chi connectivity index (χ2n) is 4.79. The molecule has 0 saturated heterocycles. The number of benzene rings is 1. The molecule has 0 amide bonds. The van der Waals surface area contributed by atoms with Crippen molar-refractivity contribution in [1.29, 1.82) is 0 Å². The van der Waals surface area contributed by atoms with Crippen LogP contribution in [0.25, 0.3) is 0 Å². The third-order valence-corrected chi connectivity index (χ3v) is 4.70. The number of halogens is 2. The predicted molar refractivity (Wildman–Crippen MR) is 78.1 cm³/mol. The van der Waals surface area contributed by atoms with Gasteiger partial charge < -0.3 is 4.74 Å². The summed E-state index contributed by atoms with van der Waals surface area (Å²) in [5, 5.41) is 0.638. The molecule has 0 spiro atoms. The fraction of sp³-hybridized carbons (Fsp3) is 0.500. The Balaban J connectivity index is 2.48. The molecule has 0 bridgehead atoms. The smallest absolute Gasteiger partial charge is 0.235 e. The van der Waals surface area contributed by atoms with Crippen LogP contribution in [0, 0.1) is 0 Å². The first kappa shape index (κ1) is 14.7. The van der Waals surface area contributed by atoms with Gasteiger partial charge >= 0.3 is 0 Å². The van der Waals surface area contributed by atoms with Gasteiger partial charge in [-0.15, -0.1) is 0 Å². The van der Waals surface area contributed by atoms with Gasteiger partial charge in [0.1, 0.15) is 0 Å². The van der Waals surface area contributed by atoms with E-state index in [4.69, 9.17) is 16.3 Å². The zero-order valence-electron chi connectivity index (χ0n) is 10.7. The van der Waals surface area contributed by atoms with Crippen LogP contribution in [0.5, 0.6) is 0 Å². The fourth-order valence-electron chi connectivity index (χ4n) is 2.67. The van der Waals surface area contributed by atoms with Gasteiger partial charge in [-0.25, -0.2) is 4.79 Å². The van der Waals surface area contributed by atoms with Crippen molar-refractivity contribution in [3.8, 4) is 0 Å². The van der Waals surface area contributed by atoms with Crippen LogP contribution >= 0.6 is 27.5 Å². The molecule has 0 aliphatic heterocycles. The van der Waals surface area contributed by atoms with Gasteiger partial charge in [0.2, 0.25) is 6.08 Å². The summed E-state index contributed by atoms with van der Waals surface area (Å²) in [6, 6.07) is 3.89. The molecule has 0 aromatic heterocycles. The maximum Gasteiger partial charge on any atom is 0.235 e. The van der Waals surface area contributed by atoms with Crippen molar-refractivity contribution in [3.05, 3.63) is 32.8 Å². The second kappa shape index (κ2) is 6.19. The molecule has 3 nitrogen and oxygen atoms in total. The number of isocyanates is 1. The van der Waals surface area contributed by atoms with Gasteiger partial charge in [0, 0.05) is 22.2 Å². The van der Waals surface area contributed by atoms with E-state index in [1.165, 1.54) is 0 Å². The third kappa shape index (κ3) is 2.92. The SMILES string of the molecule is COCc1c(Cl)cc(C2(N=C=O)CCCC2)cc1Br. The second-order valence-corrected chi connectivity index (χ2v) is 6.05. The number of rotatable bonds is 4. The molecule has 5 heteroatoms. The average molecular weight is 345 g/mol. The van der Waals surface area contributed by atoms with Crippen molar-refractivity contribution in [2.24, 2.45) is 4.99 Å². The first-order valence-electron chi connectivity index (χ1n) is 6.19. The Labute approximate surface area is 126 Å². The summed E-state index contributed by atoms with van der Waals surface area (Å²) >= 11 is 9.82. The quantitative estimate of drug-likeness (QED) is 0.601. The molecule has 0 unspecified atom stereocenters. The van der Waals surface area contributed by atoms with E-state index in [9.17, 15) is 4.79 Å². The topological polar surface area (TPSA) is 38.7 Å². The minimum absolute atomic E-state index is 0.445. The highest BCUT2D eigenvalue weighted by Crippen LogP contribution is 2.44. The van der Waals surface area contributed by atoms with E-state index >= 15 is 0 Å². The number of ether oxygens (including phenoxy) is 1. The molecule has 0 atom stereocenters. The first-order valence-corrected chi connectivity index (χ1v) is 7.36. The van der Waals surface area contributed by atoms with Gasteiger partial charge in [0.15, 0.2) is 0 Å². The molecule has 1 aromatic rings. The maximum absolute atomic E-state index is 10.7. The standard InChI is InChI=1S/C14H15BrClNO2/c1-19-8-11-12(15)6-10(7-13(11)16)14(17-9-18)4-2-3-5-14/h6-7H,2-5,8H2,1H3. The molecule has 0 radical (unpaired) electrons. The van der Waals surface area contributed by atoms with Crippen molar-refractivity contribution in [3.63, 3.8) is 0 Å². The third-order valence-electron chi connectivity index (χ3n) is 3.66. The fourth-order valence-corrected chi connectivity index (χ4v) is 3.63. The number of hydrogen-bond donors (Lipinski definition) is 0. The zero-order chi connectivity index (χ0) is 13.9. The van der Waals surface area contributed by atoms with E-state index in [2.05, 4.69) is 20.9 Å². The highest BCUT2D eigenvalue weighted by molar-refractivity contribution is 9.10. The van der Waals surface area contributed by atoms with Gasteiger partial charge in [0.05, 0.1) is 12.1 Å². The lowest BCUT2D eigenvalue weighted by molar-refractivity contribution is 0.184. The number of aliphatic imine (C=N–C) groups is 1. The van der Waals surface area contributed by atoms with Crippen molar-refractivity contribution < 1.29 is 9.53 Å². The predicted octanol–water partition coefficient (Wildman–Crippen LogP) is 4.35. The highest BCUT2D eigenvalue weighted by Gasteiger charge is 2.36. The van der Waals surface area contributed by atoms with Crippen LogP contribution < -0.4 is 0 Å². The Morgan fingerprint density at radius 2 is 2.16 bits per heavy atom. The molecule has 1 aliphatic rings. The molecule has 2 rings (SSSR count). The van der Waals surface area contributed by atoms with Gasteiger partial charge in [-0.2, -0.15) is 4.99 Å². The van der Waals surface area contributed by atoms with Gasteiger partial charge in [-0.3, -0.25) is 0 Å². The van der Waals surface area contributed by atoms with Crippen LogP contribution in [0.15, 0.2) is 21.6 Å².